The number of halogens is 2. The van der Waals surface area contributed by atoms with Crippen molar-refractivity contribution in [3.8, 4) is 17.3 Å². The highest BCUT2D eigenvalue weighted by molar-refractivity contribution is 6.31. The molecule has 0 aliphatic carbocycles. The van der Waals surface area contributed by atoms with E-state index in [9.17, 15) is 4.39 Å². The van der Waals surface area contributed by atoms with Crippen molar-refractivity contribution >= 4 is 11.6 Å². The minimum atomic E-state index is -0.292. The molecule has 0 saturated heterocycles. The van der Waals surface area contributed by atoms with Gasteiger partial charge >= 0.3 is 0 Å². The Bertz CT molecular complexity index is 573. The zero-order valence-corrected chi connectivity index (χ0v) is 9.58. The van der Waals surface area contributed by atoms with E-state index in [1.807, 2.05) is 6.07 Å². The lowest BCUT2D eigenvalue weighted by atomic mass is 10.1. The number of hydrogen-bond donors (Lipinski definition) is 0. The van der Waals surface area contributed by atoms with Gasteiger partial charge in [0, 0.05) is 11.8 Å². The van der Waals surface area contributed by atoms with E-state index in [4.69, 9.17) is 16.9 Å². The first-order valence-electron chi connectivity index (χ1n) is 4.98. The first kappa shape index (κ1) is 11.6. The maximum atomic E-state index is 12.8. The summed E-state index contributed by atoms with van der Waals surface area (Å²) in [6.07, 6.45) is 1.74. The molecular formula is C13H8ClFN2. The van der Waals surface area contributed by atoms with E-state index in [1.165, 1.54) is 18.3 Å². The van der Waals surface area contributed by atoms with Crippen LogP contribution in [-0.2, 0) is 6.42 Å². The smallest absolute Gasteiger partial charge is 0.123 e. The van der Waals surface area contributed by atoms with Crippen LogP contribution < -0.4 is 0 Å². The van der Waals surface area contributed by atoms with Gasteiger partial charge in [0.05, 0.1) is 23.2 Å². The largest absolute Gasteiger partial charge is 0.255 e. The third-order valence-electron chi connectivity index (χ3n) is 2.34. The van der Waals surface area contributed by atoms with Gasteiger partial charge in [-0.05, 0) is 35.9 Å². The summed E-state index contributed by atoms with van der Waals surface area (Å²) in [5.74, 6) is -0.292. The maximum Gasteiger partial charge on any atom is 0.123 e. The third-order valence-corrected chi connectivity index (χ3v) is 2.68. The number of hydrogen-bond acceptors (Lipinski definition) is 2. The molecule has 84 valence electrons. The fourth-order valence-corrected chi connectivity index (χ4v) is 1.65. The van der Waals surface area contributed by atoms with Crippen LogP contribution in [-0.4, -0.2) is 4.98 Å². The Labute approximate surface area is 103 Å². The van der Waals surface area contributed by atoms with E-state index in [0.717, 1.165) is 11.1 Å². The standard InChI is InChI=1S/C13H8ClFN2/c14-12-8-17-13(7-10(12)5-6-16)9-1-3-11(15)4-2-9/h1-4,7-8H,5H2. The van der Waals surface area contributed by atoms with Crippen molar-refractivity contribution in [2.24, 2.45) is 0 Å². The van der Waals surface area contributed by atoms with Gasteiger partial charge in [0.25, 0.3) is 0 Å². The Morgan fingerprint density at radius 3 is 2.65 bits per heavy atom. The van der Waals surface area contributed by atoms with Crippen molar-refractivity contribution in [2.75, 3.05) is 0 Å². The molecule has 2 aromatic rings. The Morgan fingerprint density at radius 1 is 1.29 bits per heavy atom. The highest BCUT2D eigenvalue weighted by Crippen LogP contribution is 2.23. The molecule has 0 atom stereocenters. The lowest BCUT2D eigenvalue weighted by molar-refractivity contribution is 0.628. The predicted octanol–water partition coefficient (Wildman–Crippen LogP) is 3.61. The summed E-state index contributed by atoms with van der Waals surface area (Å²) in [7, 11) is 0. The lowest BCUT2D eigenvalue weighted by Crippen LogP contribution is -1.90. The van der Waals surface area contributed by atoms with Crippen LogP contribution in [0, 0.1) is 17.1 Å². The Balaban J connectivity index is 2.43. The van der Waals surface area contributed by atoms with Crippen molar-refractivity contribution in [3.05, 3.63) is 52.9 Å². The zero-order chi connectivity index (χ0) is 12.3. The minimum Gasteiger partial charge on any atom is -0.255 e. The number of benzene rings is 1. The topological polar surface area (TPSA) is 36.7 Å². The van der Waals surface area contributed by atoms with Crippen molar-refractivity contribution in [1.29, 1.82) is 5.26 Å². The lowest BCUT2D eigenvalue weighted by Gasteiger charge is -2.04. The van der Waals surface area contributed by atoms with Gasteiger partial charge in [0.2, 0.25) is 0 Å². The Kier molecular flexibility index (Phi) is 3.36. The predicted molar refractivity (Wildman–Crippen MR) is 64.0 cm³/mol. The molecule has 0 amide bonds. The van der Waals surface area contributed by atoms with Crippen LogP contribution in [0.4, 0.5) is 4.39 Å². The minimum absolute atomic E-state index is 0.232. The van der Waals surface area contributed by atoms with E-state index < -0.39 is 0 Å². The van der Waals surface area contributed by atoms with Gasteiger partial charge < -0.3 is 0 Å². The number of pyridine rings is 1. The van der Waals surface area contributed by atoms with Gasteiger partial charge in [-0.2, -0.15) is 5.26 Å². The molecule has 0 aliphatic rings. The number of aromatic nitrogens is 1. The molecule has 0 unspecified atom stereocenters. The van der Waals surface area contributed by atoms with Crippen LogP contribution in [0.1, 0.15) is 5.56 Å². The summed E-state index contributed by atoms with van der Waals surface area (Å²) < 4.78 is 12.8. The molecule has 0 radical (unpaired) electrons. The molecule has 0 aliphatic heterocycles. The first-order chi connectivity index (χ1) is 8.20. The van der Waals surface area contributed by atoms with Gasteiger partial charge in [0.15, 0.2) is 0 Å². The molecule has 0 saturated carbocycles. The van der Waals surface area contributed by atoms with E-state index in [2.05, 4.69) is 4.98 Å². The van der Waals surface area contributed by atoms with E-state index >= 15 is 0 Å². The van der Waals surface area contributed by atoms with E-state index in [1.54, 1.807) is 18.2 Å². The second-order valence-corrected chi connectivity index (χ2v) is 3.91. The van der Waals surface area contributed by atoms with E-state index in [0.29, 0.717) is 10.7 Å². The first-order valence-corrected chi connectivity index (χ1v) is 5.36. The fraction of sp³-hybridized carbons (Fsp3) is 0.0769. The second-order valence-electron chi connectivity index (χ2n) is 3.50. The number of nitriles is 1. The van der Waals surface area contributed by atoms with Crippen LogP contribution in [0.5, 0.6) is 0 Å². The van der Waals surface area contributed by atoms with Crippen molar-refractivity contribution in [3.63, 3.8) is 0 Å². The van der Waals surface area contributed by atoms with Crippen LogP contribution in [0.3, 0.4) is 0 Å². The van der Waals surface area contributed by atoms with Crippen LogP contribution >= 0.6 is 11.6 Å². The normalized spacial score (nSPS) is 9.94. The third kappa shape index (κ3) is 2.61. The number of rotatable bonds is 2. The van der Waals surface area contributed by atoms with Crippen LogP contribution in [0.2, 0.25) is 5.02 Å². The second kappa shape index (κ2) is 4.94. The molecule has 2 rings (SSSR count). The summed E-state index contributed by atoms with van der Waals surface area (Å²) in [4.78, 5) is 4.16. The molecular weight excluding hydrogens is 239 g/mol. The van der Waals surface area contributed by atoms with Gasteiger partial charge in [-0.25, -0.2) is 4.39 Å². The average Bonchev–Trinajstić information content (AvgIpc) is 2.33. The molecule has 17 heavy (non-hydrogen) atoms. The summed E-state index contributed by atoms with van der Waals surface area (Å²) in [5, 5.41) is 9.13. The molecule has 0 N–H and O–H groups in total. The molecule has 2 nitrogen and oxygen atoms in total. The molecule has 0 spiro atoms. The van der Waals surface area contributed by atoms with E-state index in [-0.39, 0.29) is 12.2 Å². The molecule has 1 heterocycles. The summed E-state index contributed by atoms with van der Waals surface area (Å²) in [6, 6.07) is 9.81. The van der Waals surface area contributed by atoms with Gasteiger partial charge in [-0.1, -0.05) is 11.6 Å². The van der Waals surface area contributed by atoms with Gasteiger partial charge in [0.1, 0.15) is 5.82 Å². The average molecular weight is 247 g/mol. The van der Waals surface area contributed by atoms with Crippen molar-refractivity contribution < 1.29 is 4.39 Å². The molecule has 0 bridgehead atoms. The summed E-state index contributed by atoms with van der Waals surface area (Å²) in [6.45, 7) is 0. The fourth-order valence-electron chi connectivity index (χ4n) is 1.48. The summed E-state index contributed by atoms with van der Waals surface area (Å²) >= 11 is 5.91. The molecule has 1 aromatic carbocycles. The molecule has 4 heteroatoms. The van der Waals surface area contributed by atoms with Crippen LogP contribution in [0.25, 0.3) is 11.3 Å². The highest BCUT2D eigenvalue weighted by atomic mass is 35.5. The van der Waals surface area contributed by atoms with Crippen LogP contribution in [0.15, 0.2) is 36.5 Å². The Morgan fingerprint density at radius 2 is 2.00 bits per heavy atom. The van der Waals surface area contributed by atoms with Gasteiger partial charge in [-0.3, -0.25) is 4.98 Å². The van der Waals surface area contributed by atoms with Crippen molar-refractivity contribution in [2.45, 2.75) is 6.42 Å². The van der Waals surface area contributed by atoms with Gasteiger partial charge in [-0.15, -0.1) is 0 Å². The maximum absolute atomic E-state index is 12.8. The zero-order valence-electron chi connectivity index (χ0n) is 8.82. The SMILES string of the molecule is N#CCc1cc(-c2ccc(F)cc2)ncc1Cl. The number of nitrogens with zero attached hydrogens (tertiary/aromatic N) is 2. The quantitative estimate of drug-likeness (QED) is 0.812. The van der Waals surface area contributed by atoms with Crippen molar-refractivity contribution in [1.82, 2.24) is 4.98 Å². The highest BCUT2D eigenvalue weighted by Gasteiger charge is 2.05. The Hall–Kier alpha value is -1.92. The monoisotopic (exact) mass is 246 g/mol. The molecule has 0 fully saturated rings. The molecule has 1 aromatic heterocycles. The summed E-state index contributed by atoms with van der Waals surface area (Å²) in [5.41, 5.74) is 2.20.